The predicted molar refractivity (Wildman–Crippen MR) is 219 cm³/mol. The van der Waals surface area contributed by atoms with E-state index in [0.29, 0.717) is 28.1 Å². The number of hydrogen-bond donors (Lipinski definition) is 0. The lowest BCUT2D eigenvalue weighted by Crippen LogP contribution is -2.58. The van der Waals surface area contributed by atoms with Crippen LogP contribution in [0.3, 0.4) is 0 Å². The molecule has 0 spiro atoms. The quantitative estimate of drug-likeness (QED) is 0.202. The number of rotatable bonds is 9. The molecule has 0 N–H and O–H groups in total. The Morgan fingerprint density at radius 1 is 0.569 bits per heavy atom. The summed E-state index contributed by atoms with van der Waals surface area (Å²) < 4.78 is 6.76. The predicted octanol–water partition coefficient (Wildman–Crippen LogP) is 13.8. The second kappa shape index (κ2) is 12.7. The second-order valence-corrected chi connectivity index (χ2v) is 23.0. The molecule has 272 valence electrons. The zero-order valence-electron chi connectivity index (χ0n) is 33.2. The van der Waals surface area contributed by atoms with Gasteiger partial charge in [0.15, 0.2) is 0 Å². The van der Waals surface area contributed by atoms with Crippen molar-refractivity contribution in [2.24, 2.45) is 35.5 Å². The molecular formula is C49H65OP. The summed E-state index contributed by atoms with van der Waals surface area (Å²) in [5.41, 5.74) is 12.2. The minimum atomic E-state index is -0.464. The van der Waals surface area contributed by atoms with Crippen molar-refractivity contribution in [1.29, 1.82) is 0 Å². The lowest BCUT2D eigenvalue weighted by molar-refractivity contribution is 0.0195. The van der Waals surface area contributed by atoms with Crippen LogP contribution in [0.4, 0.5) is 0 Å². The Hall–Kier alpha value is -2.11. The van der Waals surface area contributed by atoms with Gasteiger partial charge in [0.1, 0.15) is 5.75 Å². The highest BCUT2D eigenvalue weighted by Gasteiger charge is 2.64. The van der Waals surface area contributed by atoms with Crippen molar-refractivity contribution >= 4 is 13.2 Å². The summed E-state index contributed by atoms with van der Waals surface area (Å²) in [6.45, 7) is 17.2. The monoisotopic (exact) mass is 700 g/mol. The first-order valence-electron chi connectivity index (χ1n) is 21.2. The van der Waals surface area contributed by atoms with Crippen LogP contribution in [0.2, 0.25) is 0 Å². The second-order valence-electron chi connectivity index (χ2n) is 20.0. The van der Waals surface area contributed by atoms with Gasteiger partial charge in [0.05, 0.1) is 7.11 Å². The van der Waals surface area contributed by atoms with Gasteiger partial charge in [-0.3, -0.25) is 0 Å². The van der Waals surface area contributed by atoms with Crippen molar-refractivity contribution in [3.05, 3.63) is 70.8 Å². The fourth-order valence-electron chi connectivity index (χ4n) is 14.5. The number of methoxy groups -OCH3 is 1. The molecule has 8 saturated carbocycles. The average molecular weight is 701 g/mol. The smallest absolute Gasteiger partial charge is 0.127 e. The van der Waals surface area contributed by atoms with E-state index in [-0.39, 0.29) is 0 Å². The molecule has 0 unspecified atom stereocenters. The van der Waals surface area contributed by atoms with Gasteiger partial charge < -0.3 is 4.74 Å². The molecule has 3 aromatic rings. The van der Waals surface area contributed by atoms with Crippen molar-refractivity contribution in [2.45, 2.75) is 154 Å². The summed E-state index contributed by atoms with van der Waals surface area (Å²) in [5, 5.41) is 2.67. The Kier molecular flexibility index (Phi) is 8.66. The molecule has 3 aromatic carbocycles. The van der Waals surface area contributed by atoms with Gasteiger partial charge in [0.25, 0.3) is 0 Å². The minimum Gasteiger partial charge on any atom is -0.496 e. The van der Waals surface area contributed by atoms with Gasteiger partial charge in [-0.1, -0.05) is 91.9 Å². The third-order valence-corrected chi connectivity index (χ3v) is 19.2. The number of hydrogen-bond acceptors (Lipinski definition) is 1. The summed E-state index contributed by atoms with van der Waals surface area (Å²) in [7, 11) is 1.55. The standard InChI is InChI=1S/C49H65OP/c1-29(2)40-22-41(30(3)4)46(43(31(5)6)45(40)39-12-10-9-11-13-39)44-32(7)14-15-42(50-8)47(44)51(48-23-33-16-34(24-48)18-35(17-33)25-48)49-26-36-19-37(27-49)21-38(20-36)28-49/h9-15,22,29-31,33-38H,16-21,23-28H2,1-8H3. The maximum Gasteiger partial charge on any atom is 0.127 e. The Morgan fingerprint density at radius 2 is 1.02 bits per heavy atom. The lowest BCUT2D eigenvalue weighted by Gasteiger charge is -2.67. The topological polar surface area (TPSA) is 9.23 Å². The van der Waals surface area contributed by atoms with Crippen LogP contribution in [0.5, 0.6) is 5.75 Å². The van der Waals surface area contributed by atoms with Crippen molar-refractivity contribution in [3.63, 3.8) is 0 Å². The van der Waals surface area contributed by atoms with E-state index < -0.39 is 7.92 Å². The first kappa shape index (κ1) is 34.6. The highest BCUT2D eigenvalue weighted by molar-refractivity contribution is 7.69. The first-order chi connectivity index (χ1) is 24.5. The van der Waals surface area contributed by atoms with Crippen molar-refractivity contribution in [2.75, 3.05) is 7.11 Å². The van der Waals surface area contributed by atoms with E-state index in [4.69, 9.17) is 4.74 Å². The Morgan fingerprint density at radius 3 is 1.43 bits per heavy atom. The molecule has 8 aliphatic rings. The van der Waals surface area contributed by atoms with Gasteiger partial charge in [0, 0.05) is 5.30 Å². The van der Waals surface area contributed by atoms with Gasteiger partial charge in [-0.25, -0.2) is 0 Å². The molecule has 0 heterocycles. The summed E-state index contributed by atoms with van der Waals surface area (Å²) in [5.74, 6) is 8.27. The van der Waals surface area contributed by atoms with Gasteiger partial charge in [-0.2, -0.15) is 0 Å². The summed E-state index contributed by atoms with van der Waals surface area (Å²) in [6, 6.07) is 19.0. The zero-order valence-corrected chi connectivity index (χ0v) is 34.1. The molecule has 0 aliphatic heterocycles. The molecule has 0 amide bonds. The normalized spacial score (nSPS) is 33.9. The van der Waals surface area contributed by atoms with E-state index in [2.05, 4.69) is 97.0 Å². The van der Waals surface area contributed by atoms with Crippen molar-refractivity contribution in [1.82, 2.24) is 0 Å². The molecule has 2 heteroatoms. The van der Waals surface area contributed by atoms with E-state index in [1.165, 1.54) is 105 Å². The minimum absolute atomic E-state index is 0.398. The summed E-state index contributed by atoms with van der Waals surface area (Å²) in [6.07, 6.45) is 18.1. The molecule has 8 bridgehead atoms. The van der Waals surface area contributed by atoms with Crippen LogP contribution in [-0.2, 0) is 0 Å². The third kappa shape index (κ3) is 5.54. The van der Waals surface area contributed by atoms with Crippen LogP contribution in [0.25, 0.3) is 22.3 Å². The highest BCUT2D eigenvalue weighted by atomic mass is 31.1. The average Bonchev–Trinajstić information content (AvgIpc) is 3.06. The van der Waals surface area contributed by atoms with Crippen molar-refractivity contribution < 1.29 is 4.74 Å². The SMILES string of the molecule is COc1ccc(C)c(-c2c(C(C)C)cc(C(C)C)c(-c3ccccc3)c2C(C)C)c1P(C12CC3CC(CC(C3)C1)C2)C12CC3CC(CC(C3)C1)C2. The van der Waals surface area contributed by atoms with E-state index in [1.807, 2.05) is 7.11 Å². The highest BCUT2D eigenvalue weighted by Crippen LogP contribution is 2.79. The fraction of sp³-hybridized carbons (Fsp3) is 0.633. The maximum atomic E-state index is 6.76. The van der Waals surface area contributed by atoms with Crippen LogP contribution < -0.4 is 10.0 Å². The third-order valence-electron chi connectivity index (χ3n) is 15.3. The Labute approximate surface area is 311 Å². The van der Waals surface area contributed by atoms with Crippen LogP contribution in [-0.4, -0.2) is 17.4 Å². The van der Waals surface area contributed by atoms with Gasteiger partial charge in [0.2, 0.25) is 0 Å². The van der Waals surface area contributed by atoms with Crippen LogP contribution >= 0.6 is 7.92 Å². The molecule has 11 rings (SSSR count). The molecule has 51 heavy (non-hydrogen) atoms. The van der Waals surface area contributed by atoms with E-state index in [1.54, 1.807) is 27.6 Å². The number of aryl methyl sites for hydroxylation is 1. The summed E-state index contributed by atoms with van der Waals surface area (Å²) >= 11 is 0. The number of benzene rings is 3. The van der Waals surface area contributed by atoms with E-state index >= 15 is 0 Å². The molecule has 8 fully saturated rings. The maximum absolute atomic E-state index is 6.76. The molecule has 0 saturated heterocycles. The fourth-order valence-corrected chi connectivity index (χ4v) is 20.0. The van der Waals surface area contributed by atoms with Crippen LogP contribution in [0.15, 0.2) is 48.5 Å². The Bertz CT molecular complexity index is 1680. The van der Waals surface area contributed by atoms with Gasteiger partial charge >= 0.3 is 0 Å². The summed E-state index contributed by atoms with van der Waals surface area (Å²) in [4.78, 5) is 0. The van der Waals surface area contributed by atoms with Crippen molar-refractivity contribution in [3.8, 4) is 28.0 Å². The molecule has 0 atom stereocenters. The molecule has 0 radical (unpaired) electrons. The molecular weight excluding hydrogens is 636 g/mol. The lowest BCUT2D eigenvalue weighted by atomic mass is 9.55. The molecule has 8 aliphatic carbocycles. The van der Waals surface area contributed by atoms with Crippen LogP contribution in [0.1, 0.15) is 159 Å². The number of ether oxygens (including phenoxy) is 1. The van der Waals surface area contributed by atoms with E-state index in [9.17, 15) is 0 Å². The first-order valence-corrected chi connectivity index (χ1v) is 22.6. The van der Waals surface area contributed by atoms with Gasteiger partial charge in [-0.15, -0.1) is 0 Å². The van der Waals surface area contributed by atoms with Crippen LogP contribution in [0, 0.1) is 42.4 Å². The molecule has 0 aromatic heterocycles. The molecule has 1 nitrogen and oxygen atoms in total. The Balaban J connectivity index is 1.38. The van der Waals surface area contributed by atoms with E-state index in [0.717, 1.165) is 35.5 Å². The largest absolute Gasteiger partial charge is 0.496 e. The zero-order chi connectivity index (χ0) is 35.4. The van der Waals surface area contributed by atoms with Gasteiger partial charge in [-0.05, 0) is 198 Å².